The largest absolute Gasteiger partial charge is 0.494 e. The van der Waals surface area contributed by atoms with Gasteiger partial charge in [-0.25, -0.2) is 9.18 Å². The number of nitrogens with one attached hydrogen (secondary N) is 1. The predicted octanol–water partition coefficient (Wildman–Crippen LogP) is 1.73. The van der Waals surface area contributed by atoms with Crippen LogP contribution in [0.15, 0.2) is 18.2 Å². The highest BCUT2D eigenvalue weighted by Crippen LogP contribution is 2.35. The van der Waals surface area contributed by atoms with Gasteiger partial charge in [0.25, 0.3) is 5.91 Å². The molecule has 1 spiro atoms. The Morgan fingerprint density at radius 3 is 2.70 bits per heavy atom. The summed E-state index contributed by atoms with van der Waals surface area (Å²) < 4.78 is 18.5. The highest BCUT2D eigenvalue weighted by atomic mass is 19.1. The van der Waals surface area contributed by atoms with Crippen molar-refractivity contribution in [1.29, 1.82) is 0 Å². The summed E-state index contributed by atoms with van der Waals surface area (Å²) >= 11 is 0. The van der Waals surface area contributed by atoms with Crippen LogP contribution in [0, 0.1) is 5.82 Å². The Kier molecular flexibility index (Phi) is 3.97. The van der Waals surface area contributed by atoms with E-state index in [4.69, 9.17) is 4.74 Å². The molecule has 7 heteroatoms. The van der Waals surface area contributed by atoms with E-state index < -0.39 is 23.5 Å². The van der Waals surface area contributed by atoms with Gasteiger partial charge in [0.05, 0.1) is 19.8 Å². The number of amides is 3. The first kappa shape index (κ1) is 15.7. The molecule has 1 unspecified atom stereocenters. The zero-order valence-electron chi connectivity index (χ0n) is 12.8. The van der Waals surface area contributed by atoms with Crippen molar-refractivity contribution in [2.45, 2.75) is 37.3 Å². The Bertz CT molecular complexity index is 643. The van der Waals surface area contributed by atoms with Crippen LogP contribution in [0.2, 0.25) is 0 Å². The van der Waals surface area contributed by atoms with E-state index in [2.05, 4.69) is 5.32 Å². The third-order valence-corrected chi connectivity index (χ3v) is 4.62. The van der Waals surface area contributed by atoms with Crippen molar-refractivity contribution in [2.75, 3.05) is 13.7 Å². The first-order valence-corrected chi connectivity index (χ1v) is 7.62. The number of halogens is 1. The molecule has 0 radical (unpaired) electrons. The molecule has 6 nitrogen and oxygen atoms in total. The lowest BCUT2D eigenvalue weighted by molar-refractivity contribution is -0.132. The minimum Gasteiger partial charge on any atom is -0.494 e. The second-order valence-electron chi connectivity index (χ2n) is 6.04. The third-order valence-electron chi connectivity index (χ3n) is 4.62. The van der Waals surface area contributed by atoms with Gasteiger partial charge in [-0.3, -0.25) is 9.69 Å². The van der Waals surface area contributed by atoms with Crippen LogP contribution in [0.5, 0.6) is 5.75 Å². The lowest BCUT2D eigenvalue weighted by Gasteiger charge is -2.21. The van der Waals surface area contributed by atoms with Crippen molar-refractivity contribution in [3.8, 4) is 5.75 Å². The summed E-state index contributed by atoms with van der Waals surface area (Å²) in [5.41, 5.74) is -0.515. The topological polar surface area (TPSA) is 78.9 Å². The van der Waals surface area contributed by atoms with Gasteiger partial charge in [0.15, 0.2) is 11.6 Å². The van der Waals surface area contributed by atoms with E-state index in [1.165, 1.54) is 19.2 Å². The normalized spacial score (nSPS) is 20.9. The number of aliphatic hydroxyl groups is 1. The molecule has 1 saturated heterocycles. The molecular weight excluding hydrogens is 303 g/mol. The van der Waals surface area contributed by atoms with Crippen LogP contribution in [0.25, 0.3) is 0 Å². The number of benzene rings is 1. The quantitative estimate of drug-likeness (QED) is 0.828. The first-order valence-electron chi connectivity index (χ1n) is 7.62. The number of carbonyl (C=O) groups excluding carboxylic acids is 2. The maximum absolute atomic E-state index is 13.7. The Hall–Kier alpha value is -2.15. The summed E-state index contributed by atoms with van der Waals surface area (Å²) in [6.45, 7) is -0.196. The maximum atomic E-state index is 13.7. The van der Waals surface area contributed by atoms with Crippen molar-refractivity contribution in [3.63, 3.8) is 0 Å². The Balaban J connectivity index is 1.75. The summed E-state index contributed by atoms with van der Waals surface area (Å²) in [5, 5.41) is 13.0. The molecule has 1 aliphatic heterocycles. The highest BCUT2D eigenvalue weighted by molar-refractivity contribution is 6.07. The van der Waals surface area contributed by atoms with Crippen LogP contribution in [0.1, 0.15) is 37.4 Å². The van der Waals surface area contributed by atoms with Gasteiger partial charge in [0.2, 0.25) is 0 Å². The molecular formula is C16H19FN2O4. The summed E-state index contributed by atoms with van der Waals surface area (Å²) in [6.07, 6.45) is 1.89. The fraction of sp³-hybridized carbons (Fsp3) is 0.500. The molecule has 3 rings (SSSR count). The number of imide groups is 1. The average molecular weight is 322 g/mol. The van der Waals surface area contributed by atoms with Crippen LogP contribution in [-0.2, 0) is 4.79 Å². The van der Waals surface area contributed by atoms with Gasteiger partial charge in [0.1, 0.15) is 5.54 Å². The van der Waals surface area contributed by atoms with Gasteiger partial charge in [0, 0.05) is 0 Å². The zero-order valence-corrected chi connectivity index (χ0v) is 12.8. The van der Waals surface area contributed by atoms with Crippen LogP contribution in [0.4, 0.5) is 9.18 Å². The van der Waals surface area contributed by atoms with Crippen molar-refractivity contribution in [1.82, 2.24) is 10.2 Å². The molecule has 23 heavy (non-hydrogen) atoms. The van der Waals surface area contributed by atoms with Gasteiger partial charge in [-0.15, -0.1) is 0 Å². The van der Waals surface area contributed by atoms with Crippen molar-refractivity contribution >= 4 is 11.9 Å². The van der Waals surface area contributed by atoms with Crippen molar-refractivity contribution in [3.05, 3.63) is 29.6 Å². The SMILES string of the molecule is COc1ccc(C(O)CN2C(=O)NC3(CCCC3)C2=O)cc1F. The minimum atomic E-state index is -1.15. The van der Waals surface area contributed by atoms with E-state index in [0.29, 0.717) is 12.8 Å². The molecule has 3 amide bonds. The number of β-amino-alcohol motifs (C(OH)–C–C–N with tert-alkyl or cyclic N) is 1. The number of ether oxygens (including phenoxy) is 1. The summed E-state index contributed by atoms with van der Waals surface area (Å²) in [7, 11) is 1.35. The number of methoxy groups -OCH3 is 1. The molecule has 2 N–H and O–H groups in total. The van der Waals surface area contributed by atoms with Gasteiger partial charge in [-0.2, -0.15) is 0 Å². The number of urea groups is 1. The molecule has 2 fully saturated rings. The molecule has 1 aromatic rings. The zero-order chi connectivity index (χ0) is 16.6. The summed E-state index contributed by atoms with van der Waals surface area (Å²) in [4.78, 5) is 25.6. The Morgan fingerprint density at radius 1 is 1.39 bits per heavy atom. The van der Waals surface area contributed by atoms with Gasteiger partial charge >= 0.3 is 6.03 Å². The number of carbonyl (C=O) groups is 2. The van der Waals surface area contributed by atoms with Crippen LogP contribution >= 0.6 is 0 Å². The molecule has 1 aliphatic carbocycles. The molecule has 124 valence electrons. The van der Waals surface area contributed by atoms with E-state index >= 15 is 0 Å². The van der Waals surface area contributed by atoms with Crippen LogP contribution in [-0.4, -0.2) is 41.1 Å². The Morgan fingerprint density at radius 2 is 2.09 bits per heavy atom. The number of nitrogens with zero attached hydrogens (tertiary/aromatic N) is 1. The van der Waals surface area contributed by atoms with Gasteiger partial charge in [-0.1, -0.05) is 18.9 Å². The lowest BCUT2D eigenvalue weighted by atomic mass is 9.98. The first-order chi connectivity index (χ1) is 11.0. The standard InChI is InChI=1S/C16H19FN2O4/c1-23-13-5-4-10(8-11(13)17)12(20)9-19-14(21)16(18-15(19)22)6-2-3-7-16/h4-5,8,12,20H,2-3,6-7,9H2,1H3,(H,18,22). The van der Waals surface area contributed by atoms with Gasteiger partial charge < -0.3 is 15.2 Å². The van der Waals surface area contributed by atoms with Crippen molar-refractivity contribution in [2.24, 2.45) is 0 Å². The average Bonchev–Trinajstić information content (AvgIpc) is 3.08. The minimum absolute atomic E-state index is 0.0702. The summed E-state index contributed by atoms with van der Waals surface area (Å²) in [6, 6.07) is 3.56. The maximum Gasteiger partial charge on any atom is 0.325 e. The number of hydrogen-bond acceptors (Lipinski definition) is 4. The monoisotopic (exact) mass is 322 g/mol. The fourth-order valence-electron chi connectivity index (χ4n) is 3.33. The van der Waals surface area contributed by atoms with E-state index in [0.717, 1.165) is 23.8 Å². The molecule has 2 aliphatic rings. The van der Waals surface area contributed by atoms with Crippen LogP contribution < -0.4 is 10.1 Å². The van der Waals surface area contributed by atoms with Crippen LogP contribution in [0.3, 0.4) is 0 Å². The molecule has 1 atom stereocenters. The predicted molar refractivity (Wildman–Crippen MR) is 79.4 cm³/mol. The van der Waals surface area contributed by atoms with Gasteiger partial charge in [-0.05, 0) is 30.5 Å². The smallest absolute Gasteiger partial charge is 0.325 e. The number of aliphatic hydroxyl groups excluding tert-OH is 1. The molecule has 1 heterocycles. The molecule has 1 saturated carbocycles. The van der Waals surface area contributed by atoms with Crippen molar-refractivity contribution < 1.29 is 23.8 Å². The third kappa shape index (κ3) is 2.65. The van der Waals surface area contributed by atoms with E-state index in [1.54, 1.807) is 0 Å². The lowest BCUT2D eigenvalue weighted by Crippen LogP contribution is -2.44. The molecule has 0 bridgehead atoms. The Labute approximate surface area is 133 Å². The highest BCUT2D eigenvalue weighted by Gasteiger charge is 2.52. The van der Waals surface area contributed by atoms with E-state index in [-0.39, 0.29) is 23.8 Å². The number of rotatable bonds is 4. The van der Waals surface area contributed by atoms with E-state index in [1.807, 2.05) is 0 Å². The second-order valence-corrected chi connectivity index (χ2v) is 6.04. The second kappa shape index (κ2) is 5.81. The molecule has 0 aromatic heterocycles. The molecule has 1 aromatic carbocycles. The number of hydrogen-bond donors (Lipinski definition) is 2. The fourth-order valence-corrected chi connectivity index (χ4v) is 3.33. The van der Waals surface area contributed by atoms with E-state index in [9.17, 15) is 19.1 Å². The summed E-state index contributed by atoms with van der Waals surface area (Å²) in [5.74, 6) is -0.831.